The minimum atomic E-state index is -1.03. The molecular weight excluding hydrogens is 204 g/mol. The summed E-state index contributed by atoms with van der Waals surface area (Å²) in [6.45, 7) is 0. The second kappa shape index (κ2) is 4.74. The Morgan fingerprint density at radius 2 is 1.69 bits per heavy atom. The van der Waals surface area contributed by atoms with Crippen LogP contribution in [0.15, 0.2) is 0 Å². The molecule has 0 aromatic heterocycles. The molecule has 0 spiro atoms. The molecule has 92 valence electrons. The molecule has 0 radical (unpaired) electrons. The molecule has 0 saturated heterocycles. The van der Waals surface area contributed by atoms with Gasteiger partial charge >= 0.3 is 0 Å². The van der Waals surface area contributed by atoms with Crippen LogP contribution >= 0.6 is 0 Å². The summed E-state index contributed by atoms with van der Waals surface area (Å²) in [5.41, 5.74) is -0.980. The molecule has 16 heavy (non-hydrogen) atoms. The number of carbonyl (C=O) groups is 1. The van der Waals surface area contributed by atoms with E-state index in [0.29, 0.717) is 12.8 Å². The maximum atomic E-state index is 11.3. The van der Waals surface area contributed by atoms with Crippen molar-refractivity contribution in [2.45, 2.75) is 63.4 Å². The molecule has 0 aromatic rings. The number of hydrogen-bond donors (Lipinski definition) is 1. The highest BCUT2D eigenvalue weighted by molar-refractivity contribution is 5.69. The van der Waals surface area contributed by atoms with Crippen LogP contribution < -0.4 is 5.11 Å². The summed E-state index contributed by atoms with van der Waals surface area (Å²) in [5, 5.41) is 21.9. The Bertz CT molecular complexity index is 250. The fourth-order valence-electron chi connectivity index (χ4n) is 3.62. The molecule has 3 nitrogen and oxygen atoms in total. The standard InChI is InChI=1S/C13H22O3/c14-12(15)11(10-6-2-3-7-10)13(16)8-4-1-5-9-13/h10-11,16H,1-9H2,(H,14,15)/p-1. The number of carboxylic acid groups (broad SMARTS) is 1. The van der Waals surface area contributed by atoms with Crippen LogP contribution in [0.2, 0.25) is 0 Å². The van der Waals surface area contributed by atoms with Gasteiger partial charge in [0.05, 0.1) is 5.60 Å². The minimum Gasteiger partial charge on any atom is -0.550 e. The molecule has 2 aliphatic rings. The average Bonchev–Trinajstić information content (AvgIpc) is 2.71. The highest BCUT2D eigenvalue weighted by Gasteiger charge is 2.43. The molecule has 2 rings (SSSR count). The minimum absolute atomic E-state index is 0.146. The monoisotopic (exact) mass is 225 g/mol. The Morgan fingerprint density at radius 3 is 2.19 bits per heavy atom. The topological polar surface area (TPSA) is 60.4 Å². The molecule has 0 aromatic carbocycles. The molecule has 1 N–H and O–H groups in total. The number of carbonyl (C=O) groups excluding carboxylic acids is 1. The van der Waals surface area contributed by atoms with Gasteiger partial charge in [0.25, 0.3) is 0 Å². The van der Waals surface area contributed by atoms with Crippen LogP contribution in [0.25, 0.3) is 0 Å². The van der Waals surface area contributed by atoms with Gasteiger partial charge in [-0.15, -0.1) is 0 Å². The predicted molar refractivity (Wildman–Crippen MR) is 58.5 cm³/mol. The summed E-state index contributed by atoms with van der Waals surface area (Å²) in [5.74, 6) is -1.51. The van der Waals surface area contributed by atoms with Crippen LogP contribution in [0.3, 0.4) is 0 Å². The average molecular weight is 225 g/mol. The van der Waals surface area contributed by atoms with Gasteiger partial charge in [-0.1, -0.05) is 32.1 Å². The Kier molecular flexibility index (Phi) is 3.53. The second-order valence-corrected chi connectivity index (χ2v) is 5.51. The molecule has 2 fully saturated rings. The molecule has 1 unspecified atom stereocenters. The van der Waals surface area contributed by atoms with Crippen LogP contribution in [0, 0.1) is 11.8 Å². The molecule has 1 atom stereocenters. The number of carboxylic acids is 1. The third kappa shape index (κ3) is 2.24. The fraction of sp³-hybridized carbons (Fsp3) is 0.923. The van der Waals surface area contributed by atoms with E-state index >= 15 is 0 Å². The number of hydrogen-bond acceptors (Lipinski definition) is 3. The van der Waals surface area contributed by atoms with Crippen LogP contribution in [-0.2, 0) is 4.79 Å². The van der Waals surface area contributed by atoms with Crippen molar-refractivity contribution in [1.82, 2.24) is 0 Å². The van der Waals surface area contributed by atoms with Gasteiger partial charge in [-0.2, -0.15) is 0 Å². The van der Waals surface area contributed by atoms with E-state index in [9.17, 15) is 15.0 Å². The number of aliphatic carboxylic acids is 1. The smallest absolute Gasteiger partial charge is 0.0730 e. The lowest BCUT2D eigenvalue weighted by atomic mass is 9.70. The van der Waals surface area contributed by atoms with Gasteiger partial charge in [0.15, 0.2) is 0 Å². The highest BCUT2D eigenvalue weighted by Crippen LogP contribution is 2.43. The summed E-state index contributed by atoms with van der Waals surface area (Å²) in [7, 11) is 0. The lowest BCUT2D eigenvalue weighted by Gasteiger charge is -2.42. The molecule has 0 aliphatic heterocycles. The van der Waals surface area contributed by atoms with Gasteiger partial charge in [0, 0.05) is 11.9 Å². The SMILES string of the molecule is O=C([O-])C(C1CCCC1)C1(O)CCCCC1. The van der Waals surface area contributed by atoms with E-state index in [1.807, 2.05) is 0 Å². The zero-order valence-electron chi connectivity index (χ0n) is 9.78. The summed E-state index contributed by atoms with van der Waals surface area (Å²) in [6, 6.07) is 0. The van der Waals surface area contributed by atoms with Gasteiger partial charge in [0.1, 0.15) is 0 Å². The van der Waals surface area contributed by atoms with E-state index in [1.54, 1.807) is 0 Å². The number of aliphatic hydroxyl groups is 1. The van der Waals surface area contributed by atoms with Gasteiger partial charge in [-0.05, 0) is 31.6 Å². The van der Waals surface area contributed by atoms with Crippen molar-refractivity contribution in [2.75, 3.05) is 0 Å². The predicted octanol–water partition coefficient (Wildman–Crippen LogP) is 1.24. The Balaban J connectivity index is 2.13. The lowest BCUT2D eigenvalue weighted by Crippen LogP contribution is -2.52. The highest BCUT2D eigenvalue weighted by atomic mass is 16.4. The first kappa shape index (κ1) is 11.9. The Morgan fingerprint density at radius 1 is 1.12 bits per heavy atom. The molecule has 0 bridgehead atoms. The van der Waals surface area contributed by atoms with Crippen molar-refractivity contribution >= 4 is 5.97 Å². The third-order valence-corrected chi connectivity index (χ3v) is 4.42. The first-order chi connectivity index (χ1) is 7.63. The van der Waals surface area contributed by atoms with Crippen molar-refractivity contribution in [2.24, 2.45) is 11.8 Å². The van der Waals surface area contributed by atoms with Crippen molar-refractivity contribution in [3.05, 3.63) is 0 Å². The van der Waals surface area contributed by atoms with E-state index in [-0.39, 0.29) is 5.92 Å². The molecular formula is C13H21O3-. The Labute approximate surface area is 96.9 Å². The van der Waals surface area contributed by atoms with Crippen molar-refractivity contribution in [3.63, 3.8) is 0 Å². The van der Waals surface area contributed by atoms with E-state index in [4.69, 9.17) is 0 Å². The fourth-order valence-corrected chi connectivity index (χ4v) is 3.62. The first-order valence-corrected chi connectivity index (χ1v) is 6.57. The zero-order chi connectivity index (χ0) is 11.6. The molecule has 0 heterocycles. The summed E-state index contributed by atoms with van der Waals surface area (Å²) in [4.78, 5) is 11.3. The molecule has 3 heteroatoms. The maximum Gasteiger partial charge on any atom is 0.0730 e. The van der Waals surface area contributed by atoms with E-state index in [0.717, 1.165) is 44.9 Å². The molecule has 0 amide bonds. The molecule has 2 aliphatic carbocycles. The number of rotatable bonds is 3. The second-order valence-electron chi connectivity index (χ2n) is 5.51. The zero-order valence-corrected chi connectivity index (χ0v) is 9.78. The van der Waals surface area contributed by atoms with E-state index in [1.165, 1.54) is 0 Å². The quantitative estimate of drug-likeness (QED) is 0.786. The van der Waals surface area contributed by atoms with Crippen molar-refractivity contribution in [1.29, 1.82) is 0 Å². The molecule has 2 saturated carbocycles. The van der Waals surface area contributed by atoms with E-state index < -0.39 is 17.5 Å². The van der Waals surface area contributed by atoms with Crippen molar-refractivity contribution in [3.8, 4) is 0 Å². The summed E-state index contributed by atoms with van der Waals surface area (Å²) < 4.78 is 0. The summed E-state index contributed by atoms with van der Waals surface area (Å²) in [6.07, 6.45) is 8.40. The third-order valence-electron chi connectivity index (χ3n) is 4.42. The van der Waals surface area contributed by atoms with Gasteiger partial charge in [-0.25, -0.2) is 0 Å². The van der Waals surface area contributed by atoms with Crippen molar-refractivity contribution < 1.29 is 15.0 Å². The van der Waals surface area contributed by atoms with Gasteiger partial charge in [-0.3, -0.25) is 0 Å². The van der Waals surface area contributed by atoms with Crippen LogP contribution in [0.5, 0.6) is 0 Å². The van der Waals surface area contributed by atoms with Crippen LogP contribution in [0.1, 0.15) is 57.8 Å². The maximum absolute atomic E-state index is 11.3. The normalized spacial score (nSPS) is 27.8. The Hall–Kier alpha value is -0.570. The summed E-state index contributed by atoms with van der Waals surface area (Å²) >= 11 is 0. The largest absolute Gasteiger partial charge is 0.550 e. The van der Waals surface area contributed by atoms with Crippen LogP contribution in [0.4, 0.5) is 0 Å². The van der Waals surface area contributed by atoms with E-state index in [2.05, 4.69) is 0 Å². The van der Waals surface area contributed by atoms with Gasteiger partial charge in [0.2, 0.25) is 0 Å². The van der Waals surface area contributed by atoms with Crippen LogP contribution in [-0.4, -0.2) is 16.7 Å². The first-order valence-electron chi connectivity index (χ1n) is 6.57. The van der Waals surface area contributed by atoms with Gasteiger partial charge < -0.3 is 15.0 Å². The lowest BCUT2D eigenvalue weighted by molar-refractivity contribution is -0.320.